The molecular formula is C19H22F3N5. The van der Waals surface area contributed by atoms with E-state index in [0.29, 0.717) is 5.82 Å². The summed E-state index contributed by atoms with van der Waals surface area (Å²) in [6, 6.07) is 7.96. The van der Waals surface area contributed by atoms with Crippen molar-refractivity contribution in [1.29, 1.82) is 0 Å². The summed E-state index contributed by atoms with van der Waals surface area (Å²) in [7, 11) is 0. The third-order valence-corrected chi connectivity index (χ3v) is 4.29. The molecule has 1 aromatic carbocycles. The molecule has 0 bridgehead atoms. The van der Waals surface area contributed by atoms with Crippen LogP contribution in [0.2, 0.25) is 0 Å². The minimum Gasteiger partial charge on any atom is -0.375 e. The molecule has 5 nitrogen and oxygen atoms in total. The van der Waals surface area contributed by atoms with Crippen LogP contribution in [-0.4, -0.2) is 25.5 Å². The maximum Gasteiger partial charge on any atom is 0.406 e. The largest absolute Gasteiger partial charge is 0.406 e. The van der Waals surface area contributed by atoms with Crippen LogP contribution in [0.25, 0.3) is 5.69 Å². The second-order valence-corrected chi connectivity index (χ2v) is 6.39. The highest BCUT2D eigenvalue weighted by atomic mass is 19.4. The van der Waals surface area contributed by atoms with Crippen molar-refractivity contribution < 1.29 is 13.2 Å². The van der Waals surface area contributed by atoms with E-state index in [1.165, 1.54) is 12.4 Å². The zero-order valence-corrected chi connectivity index (χ0v) is 15.3. The monoisotopic (exact) mass is 377 g/mol. The number of hydrogen-bond donors (Lipinski definition) is 1. The molecule has 0 saturated heterocycles. The quantitative estimate of drug-likeness (QED) is 0.659. The van der Waals surface area contributed by atoms with Gasteiger partial charge in [-0.05, 0) is 25.0 Å². The summed E-state index contributed by atoms with van der Waals surface area (Å²) in [6.45, 7) is 3.25. The fourth-order valence-electron chi connectivity index (χ4n) is 3.03. The smallest absolute Gasteiger partial charge is 0.375 e. The molecule has 0 aliphatic carbocycles. The average molecular weight is 377 g/mol. The van der Waals surface area contributed by atoms with Crippen LogP contribution in [0.1, 0.15) is 30.4 Å². The fraction of sp³-hybridized carbons (Fsp3) is 0.368. The maximum absolute atomic E-state index is 12.7. The number of halogens is 3. The van der Waals surface area contributed by atoms with E-state index in [2.05, 4.69) is 22.3 Å². The molecule has 0 saturated carbocycles. The number of anilines is 1. The lowest BCUT2D eigenvalue weighted by molar-refractivity contribution is -0.141. The van der Waals surface area contributed by atoms with Crippen molar-refractivity contribution >= 4 is 5.69 Å². The van der Waals surface area contributed by atoms with E-state index < -0.39 is 12.7 Å². The van der Waals surface area contributed by atoms with E-state index in [1.807, 2.05) is 35.9 Å². The van der Waals surface area contributed by atoms with Crippen LogP contribution in [0, 0.1) is 6.92 Å². The summed E-state index contributed by atoms with van der Waals surface area (Å²) in [4.78, 5) is 4.04. The molecule has 0 spiro atoms. The van der Waals surface area contributed by atoms with Gasteiger partial charge in [0.15, 0.2) is 0 Å². The predicted octanol–water partition coefficient (Wildman–Crippen LogP) is 4.50. The molecule has 0 aliphatic heterocycles. The number of alkyl halides is 3. The Kier molecular flexibility index (Phi) is 5.53. The van der Waals surface area contributed by atoms with Gasteiger partial charge in [0.05, 0.1) is 29.8 Å². The summed E-state index contributed by atoms with van der Waals surface area (Å²) in [5, 5.41) is 7.70. The van der Waals surface area contributed by atoms with Gasteiger partial charge in [-0.2, -0.15) is 18.3 Å². The number of hydrogen-bond acceptors (Lipinski definition) is 3. The first kappa shape index (κ1) is 19.0. The number of rotatable bonds is 7. The average Bonchev–Trinajstić information content (AvgIpc) is 3.19. The van der Waals surface area contributed by atoms with Gasteiger partial charge < -0.3 is 9.88 Å². The molecule has 1 N–H and O–H groups in total. The molecule has 2 heterocycles. The van der Waals surface area contributed by atoms with Gasteiger partial charge >= 0.3 is 6.18 Å². The zero-order chi connectivity index (χ0) is 19.4. The summed E-state index contributed by atoms with van der Waals surface area (Å²) in [5.74, 6) is 0.332. The lowest BCUT2D eigenvalue weighted by Crippen LogP contribution is -2.20. The fourth-order valence-corrected chi connectivity index (χ4v) is 3.03. The Bertz CT molecular complexity index is 895. The van der Waals surface area contributed by atoms with Crippen molar-refractivity contribution in [3.05, 3.63) is 59.9 Å². The molecule has 3 rings (SSSR count). The van der Waals surface area contributed by atoms with Gasteiger partial charge in [0, 0.05) is 12.4 Å². The highest BCUT2D eigenvalue weighted by Gasteiger charge is 2.28. The molecule has 3 aromatic rings. The molecule has 0 amide bonds. The van der Waals surface area contributed by atoms with Crippen molar-refractivity contribution in [1.82, 2.24) is 19.3 Å². The van der Waals surface area contributed by atoms with Gasteiger partial charge in [0.25, 0.3) is 0 Å². The van der Waals surface area contributed by atoms with Crippen molar-refractivity contribution in [2.75, 3.05) is 5.32 Å². The highest BCUT2D eigenvalue weighted by Crippen LogP contribution is 2.24. The molecule has 0 unspecified atom stereocenters. The van der Waals surface area contributed by atoms with Crippen molar-refractivity contribution in [3.8, 4) is 5.69 Å². The Labute approximate surface area is 155 Å². The first-order valence-electron chi connectivity index (χ1n) is 8.82. The van der Waals surface area contributed by atoms with Crippen LogP contribution in [-0.2, 0) is 19.5 Å². The summed E-state index contributed by atoms with van der Waals surface area (Å²) in [6.07, 6.45) is 1.89. The molecule has 0 fully saturated rings. The van der Waals surface area contributed by atoms with Crippen LogP contribution in [0.5, 0.6) is 0 Å². The van der Waals surface area contributed by atoms with Crippen LogP contribution < -0.4 is 5.32 Å². The topological polar surface area (TPSA) is 47.7 Å². The summed E-state index contributed by atoms with van der Waals surface area (Å²) >= 11 is 0. The molecule has 0 radical (unpaired) electrons. The first-order valence-corrected chi connectivity index (χ1v) is 8.82. The van der Waals surface area contributed by atoms with E-state index in [9.17, 15) is 13.2 Å². The van der Waals surface area contributed by atoms with Gasteiger partial charge in [-0.3, -0.25) is 0 Å². The van der Waals surface area contributed by atoms with E-state index in [4.69, 9.17) is 0 Å². The molecular weight excluding hydrogens is 355 g/mol. The van der Waals surface area contributed by atoms with Crippen LogP contribution in [0.3, 0.4) is 0 Å². The van der Waals surface area contributed by atoms with E-state index in [-0.39, 0.29) is 6.54 Å². The predicted molar refractivity (Wildman–Crippen MR) is 97.9 cm³/mol. The van der Waals surface area contributed by atoms with E-state index >= 15 is 0 Å². The number of nitrogens with zero attached hydrogens (tertiary/aromatic N) is 4. The normalized spacial score (nSPS) is 11.7. The highest BCUT2D eigenvalue weighted by molar-refractivity contribution is 5.52. The third-order valence-electron chi connectivity index (χ3n) is 4.29. The van der Waals surface area contributed by atoms with Crippen molar-refractivity contribution in [3.63, 3.8) is 0 Å². The van der Waals surface area contributed by atoms with Crippen molar-refractivity contribution in [2.45, 2.75) is 46.0 Å². The lowest BCUT2D eigenvalue weighted by Gasteiger charge is -2.13. The maximum atomic E-state index is 12.7. The van der Waals surface area contributed by atoms with Gasteiger partial charge in [-0.1, -0.05) is 31.5 Å². The lowest BCUT2D eigenvalue weighted by atomic mass is 10.1. The Morgan fingerprint density at radius 1 is 1.19 bits per heavy atom. The van der Waals surface area contributed by atoms with Gasteiger partial charge in [-0.15, -0.1) is 0 Å². The molecule has 0 aliphatic rings. The van der Waals surface area contributed by atoms with Gasteiger partial charge in [-0.25, -0.2) is 9.67 Å². The van der Waals surface area contributed by atoms with Crippen LogP contribution in [0.15, 0.2) is 42.9 Å². The Balaban J connectivity index is 1.83. The number of aryl methyl sites for hydroxylation is 1. The number of benzene rings is 1. The van der Waals surface area contributed by atoms with Crippen LogP contribution in [0.4, 0.5) is 18.9 Å². The standard InChI is InChI=1S/C19H22F3N5/c1-3-6-17-15(11-25-27(17)16-8-5-4-7-14(16)2)24-12-18-23-9-10-26(18)13-19(20,21)22/h4-5,7-11,24H,3,6,12-13H2,1-2H3. The summed E-state index contributed by atoms with van der Waals surface area (Å²) < 4.78 is 41.0. The Hall–Kier alpha value is -2.77. The Morgan fingerprint density at radius 3 is 2.67 bits per heavy atom. The van der Waals surface area contributed by atoms with Gasteiger partial charge in [0.2, 0.25) is 0 Å². The second kappa shape index (κ2) is 7.85. The minimum absolute atomic E-state index is 0.194. The van der Waals surface area contributed by atoms with E-state index in [0.717, 1.165) is 40.0 Å². The number of imidazole rings is 1. The number of aromatic nitrogens is 4. The minimum atomic E-state index is -4.28. The van der Waals surface area contributed by atoms with E-state index in [1.54, 1.807) is 6.20 Å². The first-order chi connectivity index (χ1) is 12.9. The molecule has 8 heteroatoms. The summed E-state index contributed by atoms with van der Waals surface area (Å²) in [5.41, 5.74) is 3.90. The number of para-hydroxylation sites is 1. The van der Waals surface area contributed by atoms with Crippen LogP contribution >= 0.6 is 0 Å². The molecule has 144 valence electrons. The zero-order valence-electron chi connectivity index (χ0n) is 15.3. The molecule has 27 heavy (non-hydrogen) atoms. The van der Waals surface area contributed by atoms with Crippen molar-refractivity contribution in [2.24, 2.45) is 0 Å². The molecule has 0 atom stereocenters. The molecule has 2 aromatic heterocycles. The Morgan fingerprint density at radius 2 is 1.96 bits per heavy atom. The number of nitrogens with one attached hydrogen (secondary N) is 1. The SMILES string of the molecule is CCCc1c(NCc2nccn2CC(F)(F)F)cnn1-c1ccccc1C. The van der Waals surface area contributed by atoms with Gasteiger partial charge in [0.1, 0.15) is 12.4 Å². The second-order valence-electron chi connectivity index (χ2n) is 6.39. The third kappa shape index (κ3) is 4.50.